The van der Waals surface area contributed by atoms with E-state index in [4.69, 9.17) is 9.47 Å². The molecule has 0 aliphatic carbocycles. The van der Waals surface area contributed by atoms with Crippen molar-refractivity contribution in [3.05, 3.63) is 40.2 Å². The summed E-state index contributed by atoms with van der Waals surface area (Å²) in [7, 11) is 0. The van der Waals surface area contributed by atoms with Crippen molar-refractivity contribution in [1.29, 1.82) is 0 Å². The Kier molecular flexibility index (Phi) is 2.56. The monoisotopic (exact) mass is 260 g/mol. The lowest BCUT2D eigenvalue weighted by Gasteiger charge is -2.30. The molecule has 1 N–H and O–H groups in total. The first-order valence-corrected chi connectivity index (χ1v) is 6.30. The van der Waals surface area contributed by atoms with Crippen LogP contribution in [0.15, 0.2) is 23.5 Å². The third-order valence-corrected chi connectivity index (χ3v) is 3.51. The Balaban J connectivity index is 2.11. The molecule has 19 heavy (non-hydrogen) atoms. The minimum absolute atomic E-state index is 0.0740. The Morgan fingerprint density at radius 3 is 2.79 bits per heavy atom. The molecule has 0 radical (unpaired) electrons. The van der Waals surface area contributed by atoms with Crippen molar-refractivity contribution in [3.8, 4) is 5.75 Å². The van der Waals surface area contributed by atoms with E-state index in [-0.39, 0.29) is 12.4 Å². The summed E-state index contributed by atoms with van der Waals surface area (Å²) in [5.41, 5.74) is 3.28. The van der Waals surface area contributed by atoms with Crippen molar-refractivity contribution in [2.75, 3.05) is 0 Å². The number of aliphatic hydroxyl groups is 1. The van der Waals surface area contributed by atoms with Crippen molar-refractivity contribution >= 4 is 5.78 Å². The molecule has 0 fully saturated rings. The van der Waals surface area contributed by atoms with Gasteiger partial charge in [0.15, 0.2) is 11.5 Å². The molecule has 4 heteroatoms. The number of carbonyl (C=O) groups excluding carboxylic acids is 1. The molecular weight excluding hydrogens is 244 g/mol. The van der Waals surface area contributed by atoms with E-state index < -0.39 is 5.79 Å². The van der Waals surface area contributed by atoms with Crippen LogP contribution < -0.4 is 4.74 Å². The summed E-state index contributed by atoms with van der Waals surface area (Å²) in [4.78, 5) is 12.2. The number of benzene rings is 1. The minimum atomic E-state index is -1.15. The van der Waals surface area contributed by atoms with E-state index in [1.165, 1.54) is 0 Å². The third kappa shape index (κ3) is 1.88. The number of Topliss-reactive ketones (excluding diaryl/α,β-unsaturated/α-hetero) is 1. The van der Waals surface area contributed by atoms with Crippen LogP contribution >= 0.6 is 0 Å². The fourth-order valence-electron chi connectivity index (χ4n) is 2.52. The topological polar surface area (TPSA) is 55.8 Å². The molecule has 3 rings (SSSR count). The summed E-state index contributed by atoms with van der Waals surface area (Å²) < 4.78 is 11.1. The Hall–Kier alpha value is -1.65. The lowest BCUT2D eigenvalue weighted by atomic mass is 9.94. The fourth-order valence-corrected chi connectivity index (χ4v) is 2.52. The number of hydrogen-bond donors (Lipinski definition) is 1. The number of rotatable bonds is 0. The highest BCUT2D eigenvalue weighted by atomic mass is 16.6. The highest BCUT2D eigenvalue weighted by Crippen LogP contribution is 2.40. The van der Waals surface area contributed by atoms with Gasteiger partial charge in [0.2, 0.25) is 5.78 Å². The molecule has 0 bridgehead atoms. The van der Waals surface area contributed by atoms with E-state index >= 15 is 0 Å². The Bertz CT molecular complexity index is 607. The molecule has 0 aromatic heterocycles. The number of fused-ring (bicyclic) bond motifs is 3. The van der Waals surface area contributed by atoms with Gasteiger partial charge < -0.3 is 14.6 Å². The SMILES string of the molecule is CC(C)=C1Oc2c(ccc3c2COC(C)(O)C3)C1=O. The van der Waals surface area contributed by atoms with Gasteiger partial charge in [-0.2, -0.15) is 0 Å². The number of ketones is 1. The maximum Gasteiger partial charge on any atom is 0.231 e. The highest BCUT2D eigenvalue weighted by molar-refractivity contribution is 6.13. The molecule has 0 amide bonds. The first-order valence-electron chi connectivity index (χ1n) is 6.30. The maximum absolute atomic E-state index is 12.2. The zero-order valence-corrected chi connectivity index (χ0v) is 11.2. The second kappa shape index (κ2) is 3.92. The van der Waals surface area contributed by atoms with E-state index in [2.05, 4.69) is 0 Å². The zero-order chi connectivity index (χ0) is 13.8. The summed E-state index contributed by atoms with van der Waals surface area (Å²) in [5.74, 6) is -0.228. The van der Waals surface area contributed by atoms with E-state index in [9.17, 15) is 9.90 Å². The van der Waals surface area contributed by atoms with Crippen LogP contribution in [0.2, 0.25) is 0 Å². The van der Waals surface area contributed by atoms with Crippen molar-refractivity contribution < 1.29 is 19.4 Å². The predicted octanol–water partition coefficient (Wildman–Crippen LogP) is 2.34. The Morgan fingerprint density at radius 2 is 2.11 bits per heavy atom. The van der Waals surface area contributed by atoms with Gasteiger partial charge in [0.1, 0.15) is 5.75 Å². The summed E-state index contributed by atoms with van der Waals surface area (Å²) in [6, 6.07) is 3.65. The highest BCUT2D eigenvalue weighted by Gasteiger charge is 2.36. The smallest absolute Gasteiger partial charge is 0.231 e. The second-order valence-electron chi connectivity index (χ2n) is 5.48. The van der Waals surface area contributed by atoms with Crippen LogP contribution in [0.5, 0.6) is 5.75 Å². The third-order valence-electron chi connectivity index (χ3n) is 3.51. The van der Waals surface area contributed by atoms with E-state index in [1.807, 2.05) is 19.9 Å². The van der Waals surface area contributed by atoms with Gasteiger partial charge in [-0.15, -0.1) is 0 Å². The summed E-state index contributed by atoms with van der Waals surface area (Å²) >= 11 is 0. The van der Waals surface area contributed by atoms with Crippen LogP contribution in [0.1, 0.15) is 42.3 Å². The lowest BCUT2D eigenvalue weighted by Crippen LogP contribution is -2.34. The van der Waals surface area contributed by atoms with Gasteiger partial charge in [-0.1, -0.05) is 6.07 Å². The summed E-state index contributed by atoms with van der Waals surface area (Å²) in [6.45, 7) is 5.60. The first-order chi connectivity index (χ1) is 8.89. The summed E-state index contributed by atoms with van der Waals surface area (Å²) in [5, 5.41) is 9.92. The van der Waals surface area contributed by atoms with Crippen LogP contribution in [-0.4, -0.2) is 16.7 Å². The minimum Gasteiger partial charge on any atom is -0.452 e. The van der Waals surface area contributed by atoms with Gasteiger partial charge >= 0.3 is 0 Å². The van der Waals surface area contributed by atoms with E-state index in [0.717, 1.165) is 16.7 Å². The second-order valence-corrected chi connectivity index (χ2v) is 5.48. The van der Waals surface area contributed by atoms with Crippen LogP contribution in [0.25, 0.3) is 0 Å². The molecule has 0 saturated carbocycles. The van der Waals surface area contributed by atoms with Gasteiger partial charge in [-0.3, -0.25) is 4.79 Å². The van der Waals surface area contributed by atoms with Gasteiger partial charge in [0, 0.05) is 12.0 Å². The molecule has 2 heterocycles. The van der Waals surface area contributed by atoms with Crippen LogP contribution in [-0.2, 0) is 17.8 Å². The van der Waals surface area contributed by atoms with Crippen LogP contribution in [0, 0.1) is 0 Å². The molecule has 0 saturated heterocycles. The molecule has 0 spiro atoms. The average Bonchev–Trinajstić information content (AvgIpc) is 2.65. The van der Waals surface area contributed by atoms with Gasteiger partial charge in [0.05, 0.1) is 12.2 Å². The fraction of sp³-hybridized carbons (Fsp3) is 0.400. The average molecular weight is 260 g/mol. The number of ether oxygens (including phenoxy) is 2. The van der Waals surface area contributed by atoms with Crippen LogP contribution in [0.3, 0.4) is 0 Å². The number of allylic oxidation sites excluding steroid dienone is 2. The van der Waals surface area contributed by atoms with E-state index in [1.54, 1.807) is 13.0 Å². The molecule has 1 unspecified atom stereocenters. The van der Waals surface area contributed by atoms with Crippen molar-refractivity contribution in [2.45, 2.75) is 39.6 Å². The number of carbonyl (C=O) groups is 1. The van der Waals surface area contributed by atoms with Crippen molar-refractivity contribution in [1.82, 2.24) is 0 Å². The van der Waals surface area contributed by atoms with E-state index in [0.29, 0.717) is 23.5 Å². The molecule has 1 aromatic rings. The lowest BCUT2D eigenvalue weighted by molar-refractivity contribution is -0.204. The molecule has 1 aromatic carbocycles. The van der Waals surface area contributed by atoms with Gasteiger partial charge in [0.25, 0.3) is 0 Å². The zero-order valence-electron chi connectivity index (χ0n) is 11.2. The quantitative estimate of drug-likeness (QED) is 0.727. The molecule has 1 atom stereocenters. The Morgan fingerprint density at radius 1 is 1.37 bits per heavy atom. The van der Waals surface area contributed by atoms with Gasteiger partial charge in [-0.05, 0) is 38.0 Å². The number of hydrogen-bond acceptors (Lipinski definition) is 4. The van der Waals surface area contributed by atoms with Crippen molar-refractivity contribution in [3.63, 3.8) is 0 Å². The molecular formula is C15H16O4. The molecule has 2 aliphatic heterocycles. The molecule has 100 valence electrons. The predicted molar refractivity (Wildman–Crippen MR) is 68.9 cm³/mol. The van der Waals surface area contributed by atoms with Crippen LogP contribution in [0.4, 0.5) is 0 Å². The summed E-state index contributed by atoms with van der Waals surface area (Å²) in [6.07, 6.45) is 0.400. The molecule has 2 aliphatic rings. The normalized spacial score (nSPS) is 24.8. The first kappa shape index (κ1) is 12.4. The van der Waals surface area contributed by atoms with Gasteiger partial charge in [-0.25, -0.2) is 0 Å². The maximum atomic E-state index is 12.2. The molecule has 4 nitrogen and oxygen atoms in total. The Labute approximate surface area is 111 Å². The largest absolute Gasteiger partial charge is 0.452 e. The standard InChI is InChI=1S/C15H16O4/c1-8(2)13-12(16)10-5-4-9-6-15(3,17)18-7-11(9)14(10)19-13/h4-5,17H,6-7H2,1-3H3. The van der Waals surface area contributed by atoms with Crippen molar-refractivity contribution in [2.24, 2.45) is 0 Å².